The van der Waals surface area contributed by atoms with Crippen molar-refractivity contribution in [3.8, 4) is 0 Å². The van der Waals surface area contributed by atoms with Crippen molar-refractivity contribution >= 4 is 28.3 Å². The standard InChI is InChI=1S/C27H29N7O2/c1-4-33-13-23(15(2)32-33)34(27(35)19-10-29-26(30-11-19)18-6-7-18)12-17-5-8-20-21-14-36-16(3)24(21)25(28)31-22(20)9-17/h5,8-11,13,16,18H,4,6-7,12,14H2,1-3H3,(H2,28,31)/t16-/m0/s1. The zero-order chi connectivity index (χ0) is 25.0. The Morgan fingerprint density at radius 2 is 2.03 bits per heavy atom. The molecule has 1 saturated carbocycles. The van der Waals surface area contributed by atoms with Gasteiger partial charge >= 0.3 is 0 Å². The van der Waals surface area contributed by atoms with Crippen LogP contribution in [0.15, 0.2) is 36.8 Å². The molecule has 2 aliphatic rings. The number of carbonyl (C=O) groups excluding carboxylic acids is 1. The molecular formula is C27H29N7O2. The van der Waals surface area contributed by atoms with E-state index < -0.39 is 0 Å². The lowest BCUT2D eigenvalue weighted by molar-refractivity contribution is 0.0801. The number of pyridine rings is 1. The lowest BCUT2D eigenvalue weighted by Gasteiger charge is -2.22. The summed E-state index contributed by atoms with van der Waals surface area (Å²) in [6, 6.07) is 6.09. The van der Waals surface area contributed by atoms with Gasteiger partial charge in [-0.05, 0) is 50.8 Å². The largest absolute Gasteiger partial charge is 0.383 e. The maximum absolute atomic E-state index is 13.8. The van der Waals surface area contributed by atoms with Crippen LogP contribution in [0.3, 0.4) is 0 Å². The Morgan fingerprint density at radius 3 is 2.72 bits per heavy atom. The van der Waals surface area contributed by atoms with E-state index in [1.807, 2.05) is 43.8 Å². The van der Waals surface area contributed by atoms with E-state index in [0.29, 0.717) is 37.0 Å². The Hall–Kier alpha value is -3.85. The number of aromatic nitrogens is 5. The number of fused-ring (bicyclic) bond motifs is 3. The van der Waals surface area contributed by atoms with Crippen LogP contribution < -0.4 is 10.6 Å². The molecule has 3 aromatic heterocycles. The number of nitrogens with zero attached hydrogens (tertiary/aromatic N) is 6. The van der Waals surface area contributed by atoms with E-state index in [1.54, 1.807) is 17.3 Å². The van der Waals surface area contributed by atoms with E-state index in [4.69, 9.17) is 10.5 Å². The smallest absolute Gasteiger partial charge is 0.261 e. The minimum absolute atomic E-state index is 0.0590. The maximum Gasteiger partial charge on any atom is 0.261 e. The average Bonchev–Trinajstić information content (AvgIpc) is 3.56. The van der Waals surface area contributed by atoms with Gasteiger partial charge in [0, 0.05) is 42.0 Å². The van der Waals surface area contributed by atoms with Crippen LogP contribution in [0.1, 0.15) is 77.3 Å². The summed E-state index contributed by atoms with van der Waals surface area (Å²) in [5.41, 5.74) is 12.1. The summed E-state index contributed by atoms with van der Waals surface area (Å²) in [5, 5.41) is 5.60. The first-order chi connectivity index (χ1) is 17.4. The van der Waals surface area contributed by atoms with Gasteiger partial charge in [-0.1, -0.05) is 12.1 Å². The first kappa shape index (κ1) is 22.6. The topological polar surface area (TPSA) is 112 Å². The highest BCUT2D eigenvalue weighted by molar-refractivity contribution is 6.06. The van der Waals surface area contributed by atoms with E-state index in [-0.39, 0.29) is 12.0 Å². The molecule has 0 unspecified atom stereocenters. The van der Waals surface area contributed by atoms with Crippen LogP contribution in [-0.4, -0.2) is 30.6 Å². The third kappa shape index (κ3) is 3.89. The summed E-state index contributed by atoms with van der Waals surface area (Å²) in [4.78, 5) is 29.1. The number of aryl methyl sites for hydroxylation is 2. The van der Waals surface area contributed by atoms with Gasteiger partial charge in [0.05, 0.1) is 41.7 Å². The summed E-state index contributed by atoms with van der Waals surface area (Å²) in [7, 11) is 0. The summed E-state index contributed by atoms with van der Waals surface area (Å²) in [5.74, 6) is 1.58. The fourth-order valence-electron chi connectivity index (χ4n) is 4.95. The number of ether oxygens (including phenoxy) is 1. The molecule has 6 rings (SSSR count). The Bertz CT molecular complexity index is 1470. The highest BCUT2D eigenvalue weighted by Crippen LogP contribution is 2.39. The SMILES string of the molecule is CCn1cc(N(Cc2ccc3c4c(c(N)nc3c2)[C@H](C)OC4)C(=O)c2cnc(C3CC3)nc2)c(C)n1. The van der Waals surface area contributed by atoms with Gasteiger partial charge in [-0.3, -0.25) is 9.48 Å². The van der Waals surface area contributed by atoms with Crippen molar-refractivity contribution < 1.29 is 9.53 Å². The Balaban J connectivity index is 1.38. The number of amides is 1. The Morgan fingerprint density at radius 1 is 1.25 bits per heavy atom. The number of rotatable bonds is 6. The normalized spacial score (nSPS) is 16.9. The predicted molar refractivity (Wildman–Crippen MR) is 137 cm³/mol. The van der Waals surface area contributed by atoms with E-state index in [1.165, 1.54) is 0 Å². The molecule has 184 valence electrons. The van der Waals surface area contributed by atoms with Gasteiger partial charge in [0.15, 0.2) is 0 Å². The first-order valence-corrected chi connectivity index (χ1v) is 12.4. The second kappa shape index (κ2) is 8.67. The van der Waals surface area contributed by atoms with Crippen LogP contribution in [-0.2, 0) is 24.4 Å². The average molecular weight is 484 g/mol. The third-order valence-corrected chi connectivity index (χ3v) is 7.10. The molecule has 2 N–H and O–H groups in total. The van der Waals surface area contributed by atoms with Crippen molar-refractivity contribution in [3.63, 3.8) is 0 Å². The summed E-state index contributed by atoms with van der Waals surface area (Å²) in [6.07, 6.45) is 7.37. The zero-order valence-electron chi connectivity index (χ0n) is 20.7. The van der Waals surface area contributed by atoms with Crippen LogP contribution in [0.25, 0.3) is 10.9 Å². The molecule has 1 amide bonds. The fourth-order valence-corrected chi connectivity index (χ4v) is 4.95. The van der Waals surface area contributed by atoms with Gasteiger partial charge in [-0.15, -0.1) is 0 Å². The van der Waals surface area contributed by atoms with Crippen LogP contribution in [0.2, 0.25) is 0 Å². The second-order valence-electron chi connectivity index (χ2n) is 9.64. The molecule has 1 aliphatic heterocycles. The maximum atomic E-state index is 13.8. The number of hydrogen-bond acceptors (Lipinski definition) is 7. The summed E-state index contributed by atoms with van der Waals surface area (Å²) in [6.45, 7) is 7.52. The third-order valence-electron chi connectivity index (χ3n) is 7.10. The van der Waals surface area contributed by atoms with Crippen molar-refractivity contribution in [1.82, 2.24) is 24.7 Å². The van der Waals surface area contributed by atoms with Crippen molar-refractivity contribution in [2.75, 3.05) is 10.6 Å². The predicted octanol–water partition coefficient (Wildman–Crippen LogP) is 4.45. The molecule has 4 heterocycles. The molecule has 1 fully saturated rings. The molecule has 9 heteroatoms. The number of carbonyl (C=O) groups is 1. The second-order valence-corrected chi connectivity index (χ2v) is 9.64. The van der Waals surface area contributed by atoms with Gasteiger partial charge in [0.25, 0.3) is 5.91 Å². The van der Waals surface area contributed by atoms with Gasteiger partial charge in [-0.25, -0.2) is 15.0 Å². The molecule has 0 bridgehead atoms. The van der Waals surface area contributed by atoms with E-state index in [9.17, 15) is 4.79 Å². The molecular weight excluding hydrogens is 454 g/mol. The van der Waals surface area contributed by atoms with Crippen molar-refractivity contribution in [2.24, 2.45) is 0 Å². The molecule has 4 aromatic rings. The van der Waals surface area contributed by atoms with Crippen LogP contribution in [0.5, 0.6) is 0 Å². The fraction of sp³-hybridized carbons (Fsp3) is 0.370. The Labute approximate surface area is 209 Å². The molecule has 1 aromatic carbocycles. The monoisotopic (exact) mass is 483 g/mol. The summed E-state index contributed by atoms with van der Waals surface area (Å²) < 4.78 is 7.64. The van der Waals surface area contributed by atoms with Crippen LogP contribution in [0, 0.1) is 6.92 Å². The van der Waals surface area contributed by atoms with Gasteiger partial charge in [0.1, 0.15) is 11.6 Å². The molecule has 0 radical (unpaired) electrons. The molecule has 1 atom stereocenters. The Kier molecular flexibility index (Phi) is 5.44. The van der Waals surface area contributed by atoms with Crippen molar-refractivity contribution in [3.05, 3.63) is 70.6 Å². The van der Waals surface area contributed by atoms with Gasteiger partial charge in [-0.2, -0.15) is 5.10 Å². The van der Waals surface area contributed by atoms with E-state index in [2.05, 4.69) is 26.1 Å². The molecule has 0 spiro atoms. The van der Waals surface area contributed by atoms with Crippen LogP contribution in [0.4, 0.5) is 11.5 Å². The van der Waals surface area contributed by atoms with Crippen molar-refractivity contribution in [1.29, 1.82) is 0 Å². The molecule has 9 nitrogen and oxygen atoms in total. The van der Waals surface area contributed by atoms with Crippen molar-refractivity contribution in [2.45, 2.75) is 65.3 Å². The number of nitrogen functional groups attached to an aromatic ring is 1. The van der Waals surface area contributed by atoms with Gasteiger partial charge < -0.3 is 15.4 Å². The minimum Gasteiger partial charge on any atom is -0.383 e. The highest BCUT2D eigenvalue weighted by Gasteiger charge is 2.28. The quantitative estimate of drug-likeness (QED) is 0.431. The lowest BCUT2D eigenvalue weighted by Crippen LogP contribution is -2.31. The molecule has 0 saturated heterocycles. The zero-order valence-corrected chi connectivity index (χ0v) is 20.7. The highest BCUT2D eigenvalue weighted by atomic mass is 16.5. The van der Waals surface area contributed by atoms with E-state index in [0.717, 1.165) is 57.6 Å². The lowest BCUT2D eigenvalue weighted by atomic mass is 10.0. The van der Waals surface area contributed by atoms with Gasteiger partial charge in [0.2, 0.25) is 0 Å². The molecule has 36 heavy (non-hydrogen) atoms. The summed E-state index contributed by atoms with van der Waals surface area (Å²) >= 11 is 0. The number of hydrogen-bond donors (Lipinski definition) is 1. The van der Waals surface area contributed by atoms with Crippen LogP contribution >= 0.6 is 0 Å². The molecule has 1 aliphatic carbocycles. The first-order valence-electron chi connectivity index (χ1n) is 12.4. The van der Waals surface area contributed by atoms with E-state index >= 15 is 0 Å². The number of anilines is 2. The number of nitrogens with two attached hydrogens (primary N) is 1. The number of benzene rings is 1. The minimum atomic E-state index is -0.167.